The first kappa shape index (κ1) is 15.1. The topological polar surface area (TPSA) is 59.2 Å². The number of rotatable bonds is 3. The molecule has 4 heterocycles. The van der Waals surface area contributed by atoms with E-state index in [0.717, 1.165) is 36.3 Å². The number of fused-ring (bicyclic) bond motifs is 1. The van der Waals surface area contributed by atoms with Crippen molar-refractivity contribution in [3.05, 3.63) is 52.3 Å². The molecule has 122 valence electrons. The van der Waals surface area contributed by atoms with E-state index < -0.39 is 0 Å². The van der Waals surface area contributed by atoms with Crippen molar-refractivity contribution in [1.82, 2.24) is 9.97 Å². The molecule has 3 aromatic heterocycles. The lowest BCUT2D eigenvalue weighted by Gasteiger charge is -2.28. The van der Waals surface area contributed by atoms with Crippen LogP contribution >= 0.6 is 11.3 Å². The Morgan fingerprint density at radius 1 is 1.42 bits per heavy atom. The molecule has 0 saturated carbocycles. The zero-order valence-electron chi connectivity index (χ0n) is 13.4. The number of carbonyl (C=O) groups is 1. The smallest absolute Gasteiger partial charge is 0.233 e. The first-order valence-electron chi connectivity index (χ1n) is 7.95. The van der Waals surface area contributed by atoms with Gasteiger partial charge in [0.15, 0.2) is 0 Å². The Kier molecular flexibility index (Phi) is 3.90. The van der Waals surface area contributed by atoms with Crippen molar-refractivity contribution in [2.75, 3.05) is 11.4 Å². The van der Waals surface area contributed by atoms with Crippen molar-refractivity contribution in [1.29, 1.82) is 0 Å². The quantitative estimate of drug-likeness (QED) is 0.731. The molecule has 0 fully saturated rings. The minimum absolute atomic E-state index is 0.0391. The second-order valence-electron chi connectivity index (χ2n) is 5.83. The van der Waals surface area contributed by atoms with Crippen molar-refractivity contribution >= 4 is 22.9 Å². The third-order valence-corrected chi connectivity index (χ3v) is 4.92. The average Bonchev–Trinajstić information content (AvgIpc) is 3.25. The second-order valence-corrected chi connectivity index (χ2v) is 6.61. The predicted octanol–water partition coefficient (Wildman–Crippen LogP) is 3.63. The summed E-state index contributed by atoms with van der Waals surface area (Å²) in [6.45, 7) is 2.59. The standard InChI is InChI=1S/C18H17N3O2S/c1-12-15(20-18(23-12)13-6-9-24-11-13)10-17(22)21-8-3-4-14-16(21)5-2-7-19-14/h2,5-7,9,11H,3-4,8,10H2,1H3. The molecule has 24 heavy (non-hydrogen) atoms. The minimum Gasteiger partial charge on any atom is -0.441 e. The lowest BCUT2D eigenvalue weighted by atomic mass is 10.1. The highest BCUT2D eigenvalue weighted by Crippen LogP contribution is 2.27. The van der Waals surface area contributed by atoms with Crippen LogP contribution in [0.5, 0.6) is 0 Å². The fraction of sp³-hybridized carbons (Fsp3) is 0.278. The third-order valence-electron chi connectivity index (χ3n) is 4.23. The molecule has 0 spiro atoms. The van der Waals surface area contributed by atoms with Crippen LogP contribution in [0, 0.1) is 6.92 Å². The number of anilines is 1. The van der Waals surface area contributed by atoms with E-state index in [2.05, 4.69) is 9.97 Å². The van der Waals surface area contributed by atoms with E-state index in [1.807, 2.05) is 40.8 Å². The van der Waals surface area contributed by atoms with Crippen molar-refractivity contribution < 1.29 is 9.21 Å². The van der Waals surface area contributed by atoms with Gasteiger partial charge in [0.2, 0.25) is 11.8 Å². The van der Waals surface area contributed by atoms with Crippen molar-refractivity contribution in [3.8, 4) is 11.5 Å². The Balaban J connectivity index is 1.57. The summed E-state index contributed by atoms with van der Waals surface area (Å²) >= 11 is 1.60. The second kappa shape index (κ2) is 6.20. The molecular formula is C18H17N3O2S. The lowest BCUT2D eigenvalue weighted by molar-refractivity contribution is -0.118. The molecular weight excluding hydrogens is 322 g/mol. The molecule has 0 unspecified atom stereocenters. The molecule has 0 atom stereocenters. The predicted molar refractivity (Wildman–Crippen MR) is 93.2 cm³/mol. The van der Waals surface area contributed by atoms with Gasteiger partial charge < -0.3 is 9.32 Å². The van der Waals surface area contributed by atoms with Gasteiger partial charge in [-0.25, -0.2) is 4.98 Å². The molecule has 3 aromatic rings. The van der Waals surface area contributed by atoms with Crippen molar-refractivity contribution in [2.45, 2.75) is 26.2 Å². The average molecular weight is 339 g/mol. The molecule has 0 aromatic carbocycles. The zero-order chi connectivity index (χ0) is 16.5. The summed E-state index contributed by atoms with van der Waals surface area (Å²) in [6, 6.07) is 5.81. The van der Waals surface area contributed by atoms with Gasteiger partial charge in [0.1, 0.15) is 5.76 Å². The summed E-state index contributed by atoms with van der Waals surface area (Å²) in [7, 11) is 0. The van der Waals surface area contributed by atoms with E-state index in [1.54, 1.807) is 17.5 Å². The number of thiophene rings is 1. The van der Waals surface area contributed by atoms with Crippen LogP contribution in [0.2, 0.25) is 0 Å². The Morgan fingerprint density at radius 2 is 2.33 bits per heavy atom. The molecule has 0 radical (unpaired) electrons. The van der Waals surface area contributed by atoms with Crippen LogP contribution in [-0.2, 0) is 17.6 Å². The number of carbonyl (C=O) groups excluding carboxylic acids is 1. The lowest BCUT2D eigenvalue weighted by Crippen LogP contribution is -2.37. The molecule has 0 bridgehead atoms. The number of hydrogen-bond donors (Lipinski definition) is 0. The normalized spacial score (nSPS) is 13.8. The summed E-state index contributed by atoms with van der Waals surface area (Å²) in [6.07, 6.45) is 3.88. The Bertz CT molecular complexity index is 870. The molecule has 5 nitrogen and oxygen atoms in total. The van der Waals surface area contributed by atoms with Gasteiger partial charge in [-0.1, -0.05) is 0 Å². The largest absolute Gasteiger partial charge is 0.441 e. The first-order valence-corrected chi connectivity index (χ1v) is 8.90. The maximum atomic E-state index is 12.8. The number of oxazole rings is 1. The highest BCUT2D eigenvalue weighted by atomic mass is 32.1. The minimum atomic E-state index is 0.0391. The van der Waals surface area contributed by atoms with Gasteiger partial charge in [-0.15, -0.1) is 0 Å². The van der Waals surface area contributed by atoms with E-state index >= 15 is 0 Å². The number of pyridine rings is 1. The van der Waals surface area contributed by atoms with E-state index in [0.29, 0.717) is 17.3 Å². The molecule has 0 saturated heterocycles. The fourth-order valence-corrected chi connectivity index (χ4v) is 3.62. The monoisotopic (exact) mass is 339 g/mol. The van der Waals surface area contributed by atoms with Gasteiger partial charge >= 0.3 is 0 Å². The van der Waals surface area contributed by atoms with E-state index in [4.69, 9.17) is 4.42 Å². The Labute approximate surface area is 144 Å². The van der Waals surface area contributed by atoms with Crippen LogP contribution in [-0.4, -0.2) is 22.4 Å². The number of nitrogens with zero attached hydrogens (tertiary/aromatic N) is 3. The van der Waals surface area contributed by atoms with Crippen LogP contribution < -0.4 is 4.90 Å². The maximum absolute atomic E-state index is 12.8. The highest BCUT2D eigenvalue weighted by Gasteiger charge is 2.25. The third kappa shape index (κ3) is 2.73. The SMILES string of the molecule is Cc1oc(-c2ccsc2)nc1CC(=O)N1CCCc2ncccc21. The Hall–Kier alpha value is -2.47. The number of amides is 1. The van der Waals surface area contributed by atoms with Crippen LogP contribution in [0.3, 0.4) is 0 Å². The van der Waals surface area contributed by atoms with Crippen LogP contribution in [0.4, 0.5) is 5.69 Å². The molecule has 1 amide bonds. The van der Waals surface area contributed by atoms with Crippen LogP contribution in [0.15, 0.2) is 39.6 Å². The molecule has 1 aliphatic heterocycles. The number of hydrogen-bond acceptors (Lipinski definition) is 5. The van der Waals surface area contributed by atoms with Crippen LogP contribution in [0.25, 0.3) is 11.5 Å². The van der Waals surface area contributed by atoms with Crippen molar-refractivity contribution in [3.63, 3.8) is 0 Å². The summed E-state index contributed by atoms with van der Waals surface area (Å²) in [5.41, 5.74) is 3.58. The van der Waals surface area contributed by atoms with E-state index in [9.17, 15) is 4.79 Å². The maximum Gasteiger partial charge on any atom is 0.233 e. The van der Waals surface area contributed by atoms with Gasteiger partial charge in [0.05, 0.1) is 23.5 Å². The number of aromatic nitrogens is 2. The summed E-state index contributed by atoms with van der Waals surface area (Å²) in [5, 5.41) is 3.97. The zero-order valence-corrected chi connectivity index (χ0v) is 14.2. The summed E-state index contributed by atoms with van der Waals surface area (Å²) < 4.78 is 5.73. The molecule has 1 aliphatic rings. The number of aryl methyl sites for hydroxylation is 2. The molecule has 0 aliphatic carbocycles. The van der Waals surface area contributed by atoms with E-state index in [1.165, 1.54) is 0 Å². The van der Waals surface area contributed by atoms with Gasteiger partial charge in [-0.05, 0) is 43.3 Å². The van der Waals surface area contributed by atoms with E-state index in [-0.39, 0.29) is 12.3 Å². The van der Waals surface area contributed by atoms with Gasteiger partial charge in [-0.2, -0.15) is 11.3 Å². The molecule has 6 heteroatoms. The molecule has 0 N–H and O–H groups in total. The molecule has 4 rings (SSSR count). The first-order chi connectivity index (χ1) is 11.7. The highest BCUT2D eigenvalue weighted by molar-refractivity contribution is 7.08. The Morgan fingerprint density at radius 3 is 3.17 bits per heavy atom. The summed E-state index contributed by atoms with van der Waals surface area (Å²) in [4.78, 5) is 23.5. The summed E-state index contributed by atoms with van der Waals surface area (Å²) in [5.74, 6) is 1.32. The van der Waals surface area contributed by atoms with Gasteiger partial charge in [0, 0.05) is 23.7 Å². The van der Waals surface area contributed by atoms with Crippen LogP contribution in [0.1, 0.15) is 23.6 Å². The van der Waals surface area contributed by atoms with Gasteiger partial charge in [-0.3, -0.25) is 9.78 Å². The van der Waals surface area contributed by atoms with Crippen molar-refractivity contribution in [2.24, 2.45) is 0 Å². The fourth-order valence-electron chi connectivity index (χ4n) is 2.99. The van der Waals surface area contributed by atoms with Gasteiger partial charge in [0.25, 0.3) is 0 Å².